The fourth-order valence-corrected chi connectivity index (χ4v) is 4.08. The highest BCUT2D eigenvalue weighted by Gasteiger charge is 2.50. The van der Waals surface area contributed by atoms with Gasteiger partial charge in [0, 0.05) is 0 Å². The Kier molecular flexibility index (Phi) is 7.19. The Hall–Kier alpha value is -2.45. The van der Waals surface area contributed by atoms with Gasteiger partial charge in [0.05, 0.1) is 40.1 Å². The summed E-state index contributed by atoms with van der Waals surface area (Å²) < 4.78 is 46.0. The average Bonchev–Trinajstić information content (AvgIpc) is 3.52. The minimum atomic E-state index is -4.65. The van der Waals surface area contributed by atoms with Crippen LogP contribution in [0.5, 0.6) is 5.75 Å². The molecule has 5 nitrogen and oxygen atoms in total. The van der Waals surface area contributed by atoms with Crippen LogP contribution < -0.4 is 10.1 Å². The summed E-state index contributed by atoms with van der Waals surface area (Å²) in [4.78, 5) is 24.6. The topological polar surface area (TPSA) is 75.6 Å². The molecular weight excluding hydrogens is 482 g/mol. The van der Waals surface area contributed by atoms with Gasteiger partial charge >= 0.3 is 12.1 Å². The van der Waals surface area contributed by atoms with Crippen LogP contribution in [0.25, 0.3) is 0 Å². The van der Waals surface area contributed by atoms with Crippen LogP contribution in [-0.2, 0) is 16.0 Å². The second-order valence-electron chi connectivity index (χ2n) is 8.27. The molecule has 0 bridgehead atoms. The van der Waals surface area contributed by atoms with Gasteiger partial charge < -0.3 is 15.2 Å². The second-order valence-corrected chi connectivity index (χ2v) is 9.08. The van der Waals surface area contributed by atoms with Crippen molar-refractivity contribution in [3.8, 4) is 5.75 Å². The molecule has 178 valence electrons. The molecule has 3 rings (SSSR count). The van der Waals surface area contributed by atoms with E-state index in [-0.39, 0.29) is 33.5 Å². The quantitative estimate of drug-likeness (QED) is 0.441. The molecule has 0 heterocycles. The lowest BCUT2D eigenvalue weighted by Crippen LogP contribution is -2.34. The molecule has 0 spiro atoms. The van der Waals surface area contributed by atoms with Crippen LogP contribution in [0.2, 0.25) is 10.0 Å². The zero-order valence-electron chi connectivity index (χ0n) is 17.8. The molecule has 1 saturated carbocycles. The number of nitrogens with one attached hydrogen (secondary N) is 1. The SMILES string of the molecule is COc1cc([C@@H](C(=O)Nc2cc(CC3(C(=O)O)CC3)ccc2Cl)[C@@H](C)C(F)(F)F)ccc1Cl. The standard InChI is InChI=1S/C23H22Cl2F3NO4/c1-12(23(26,27)28)19(14-4-6-16(25)18(10-14)33-2)20(30)29-17-9-13(3-5-15(17)24)11-22(7-8-22)21(31)32/h3-6,9-10,12,19H,7-8,11H2,1-2H3,(H,29,30)(H,31,32)/t12-,19+/m1/s1. The van der Waals surface area contributed by atoms with Crippen LogP contribution in [0.3, 0.4) is 0 Å². The van der Waals surface area contributed by atoms with Crippen LogP contribution in [-0.4, -0.2) is 30.3 Å². The van der Waals surface area contributed by atoms with Crippen LogP contribution in [0.1, 0.15) is 36.8 Å². The molecule has 0 saturated heterocycles. The molecule has 0 unspecified atom stereocenters. The van der Waals surface area contributed by atoms with Gasteiger partial charge in [-0.2, -0.15) is 13.2 Å². The van der Waals surface area contributed by atoms with Crippen molar-refractivity contribution in [3.63, 3.8) is 0 Å². The van der Waals surface area contributed by atoms with E-state index in [9.17, 15) is 27.9 Å². The first kappa shape index (κ1) is 25.2. The van der Waals surface area contributed by atoms with Crippen molar-refractivity contribution in [2.24, 2.45) is 11.3 Å². The Morgan fingerprint density at radius 2 is 1.79 bits per heavy atom. The number of rotatable bonds is 8. The third-order valence-electron chi connectivity index (χ3n) is 5.97. The largest absolute Gasteiger partial charge is 0.495 e. The van der Waals surface area contributed by atoms with E-state index in [1.54, 1.807) is 6.07 Å². The predicted molar refractivity (Wildman–Crippen MR) is 119 cm³/mol. The molecule has 2 aromatic carbocycles. The van der Waals surface area contributed by atoms with E-state index >= 15 is 0 Å². The van der Waals surface area contributed by atoms with Gasteiger partial charge in [0.2, 0.25) is 5.91 Å². The van der Waals surface area contributed by atoms with Crippen molar-refractivity contribution in [2.45, 2.75) is 38.3 Å². The smallest absolute Gasteiger partial charge is 0.392 e. The molecule has 2 N–H and O–H groups in total. The summed E-state index contributed by atoms with van der Waals surface area (Å²) in [5.41, 5.74) is -0.0417. The Balaban J connectivity index is 1.93. The van der Waals surface area contributed by atoms with Crippen LogP contribution >= 0.6 is 23.2 Å². The van der Waals surface area contributed by atoms with Crippen molar-refractivity contribution in [2.75, 3.05) is 12.4 Å². The van der Waals surface area contributed by atoms with E-state index in [0.717, 1.165) is 6.92 Å². The van der Waals surface area contributed by atoms with Crippen molar-refractivity contribution in [3.05, 3.63) is 57.6 Å². The lowest BCUT2D eigenvalue weighted by Gasteiger charge is -2.26. The Morgan fingerprint density at radius 3 is 2.33 bits per heavy atom. The summed E-state index contributed by atoms with van der Waals surface area (Å²) in [6.45, 7) is 0.924. The molecule has 1 aliphatic rings. The number of ether oxygens (including phenoxy) is 1. The highest BCUT2D eigenvalue weighted by Crippen LogP contribution is 2.49. The number of carboxylic acid groups (broad SMARTS) is 1. The molecule has 2 aromatic rings. The Bertz CT molecular complexity index is 1070. The Labute approximate surface area is 198 Å². The molecule has 10 heteroatoms. The molecule has 2 atom stereocenters. The number of carbonyl (C=O) groups is 2. The molecule has 1 amide bonds. The summed E-state index contributed by atoms with van der Waals surface area (Å²) in [6.07, 6.45) is -3.34. The molecule has 33 heavy (non-hydrogen) atoms. The van der Waals surface area contributed by atoms with Gasteiger partial charge in [0.1, 0.15) is 5.75 Å². The van der Waals surface area contributed by atoms with E-state index in [0.29, 0.717) is 18.4 Å². The number of aliphatic carboxylic acids is 1. The number of benzene rings is 2. The maximum Gasteiger partial charge on any atom is 0.392 e. The molecule has 0 aromatic heterocycles. The van der Waals surface area contributed by atoms with E-state index in [2.05, 4.69) is 5.32 Å². The van der Waals surface area contributed by atoms with Crippen molar-refractivity contribution in [1.82, 2.24) is 0 Å². The van der Waals surface area contributed by atoms with Gasteiger partial charge in [-0.05, 0) is 54.7 Å². The summed E-state index contributed by atoms with van der Waals surface area (Å²) in [7, 11) is 1.32. The molecular formula is C23H22Cl2F3NO4. The number of carbonyl (C=O) groups excluding carboxylic acids is 1. The maximum absolute atomic E-state index is 13.6. The van der Waals surface area contributed by atoms with Crippen molar-refractivity contribution >= 4 is 40.8 Å². The van der Waals surface area contributed by atoms with Gasteiger partial charge in [-0.1, -0.05) is 42.3 Å². The van der Waals surface area contributed by atoms with Gasteiger partial charge in [-0.3, -0.25) is 9.59 Å². The molecule has 0 aliphatic heterocycles. The summed E-state index contributed by atoms with van der Waals surface area (Å²) >= 11 is 12.2. The number of carboxylic acids is 1. The lowest BCUT2D eigenvalue weighted by atomic mass is 9.85. The summed E-state index contributed by atoms with van der Waals surface area (Å²) in [5.74, 6) is -5.30. The predicted octanol–water partition coefficient (Wildman–Crippen LogP) is 6.33. The maximum atomic E-state index is 13.6. The summed E-state index contributed by atoms with van der Waals surface area (Å²) in [6, 6.07) is 8.64. The molecule has 1 aliphatic carbocycles. The van der Waals surface area contributed by atoms with Gasteiger partial charge in [0.25, 0.3) is 0 Å². The monoisotopic (exact) mass is 503 g/mol. The van der Waals surface area contributed by atoms with Crippen molar-refractivity contribution in [1.29, 1.82) is 0 Å². The van der Waals surface area contributed by atoms with E-state index in [1.807, 2.05) is 0 Å². The Morgan fingerprint density at radius 1 is 1.15 bits per heavy atom. The van der Waals surface area contributed by atoms with Gasteiger partial charge in [-0.25, -0.2) is 0 Å². The third kappa shape index (κ3) is 5.55. The van der Waals surface area contributed by atoms with E-state index in [1.165, 1.54) is 37.4 Å². The van der Waals surface area contributed by atoms with Crippen molar-refractivity contribution < 1.29 is 32.6 Å². The number of alkyl halides is 3. The van der Waals surface area contributed by atoms with Gasteiger partial charge in [0.15, 0.2) is 0 Å². The highest BCUT2D eigenvalue weighted by atomic mass is 35.5. The van der Waals surface area contributed by atoms with E-state index in [4.69, 9.17) is 27.9 Å². The first-order valence-corrected chi connectivity index (χ1v) is 10.9. The molecule has 1 fully saturated rings. The number of halogens is 5. The van der Waals surface area contributed by atoms with Crippen LogP contribution in [0, 0.1) is 11.3 Å². The minimum absolute atomic E-state index is 0.0775. The minimum Gasteiger partial charge on any atom is -0.495 e. The first-order chi connectivity index (χ1) is 15.4. The number of methoxy groups -OCH3 is 1. The second kappa shape index (κ2) is 9.43. The highest BCUT2D eigenvalue weighted by molar-refractivity contribution is 6.33. The van der Waals surface area contributed by atoms with Crippen LogP contribution in [0.4, 0.5) is 18.9 Å². The number of anilines is 1. The van der Waals surface area contributed by atoms with Gasteiger partial charge in [-0.15, -0.1) is 0 Å². The fraction of sp³-hybridized carbons (Fsp3) is 0.391. The lowest BCUT2D eigenvalue weighted by molar-refractivity contribution is -0.178. The third-order valence-corrected chi connectivity index (χ3v) is 6.61. The van der Waals surface area contributed by atoms with Crippen LogP contribution in [0.15, 0.2) is 36.4 Å². The number of amides is 1. The fourth-order valence-electron chi connectivity index (χ4n) is 3.72. The zero-order chi connectivity index (χ0) is 24.6. The zero-order valence-corrected chi connectivity index (χ0v) is 19.3. The average molecular weight is 504 g/mol. The normalized spacial score (nSPS) is 16.6. The summed E-state index contributed by atoms with van der Waals surface area (Å²) in [5, 5.41) is 12.2. The number of hydrogen-bond donors (Lipinski definition) is 2. The van der Waals surface area contributed by atoms with E-state index < -0.39 is 35.3 Å². The first-order valence-electron chi connectivity index (χ1n) is 10.1. The molecule has 0 radical (unpaired) electrons. The number of hydrogen-bond acceptors (Lipinski definition) is 3.